The number of benzene rings is 2. The lowest BCUT2D eigenvalue weighted by molar-refractivity contribution is -0.121. The highest BCUT2D eigenvalue weighted by molar-refractivity contribution is 7.98. The largest absolute Gasteiger partial charge is 0.369 e. The van der Waals surface area contributed by atoms with E-state index in [1.807, 2.05) is 47.3 Å². The van der Waals surface area contributed by atoms with Crippen LogP contribution in [0.5, 0.6) is 0 Å². The third-order valence-electron chi connectivity index (χ3n) is 5.78. The van der Waals surface area contributed by atoms with Crippen LogP contribution in [-0.2, 0) is 11.3 Å². The first-order valence-corrected chi connectivity index (χ1v) is 13.2. The van der Waals surface area contributed by atoms with Crippen molar-refractivity contribution < 1.29 is 4.79 Å². The standard InChI is InChI=1S/C27H32N6OS/c1-19(2)17-29-25-23-18-30-33(26(23)32-27(31-25)35-3)15-14-28-24(34)16-22(20-10-6-4-7-11-20)21-12-8-5-9-13-21/h4-13,18-19,22H,14-17H2,1-3H3,(H,28,34)(H,29,31,32). The summed E-state index contributed by atoms with van der Waals surface area (Å²) in [5.41, 5.74) is 3.04. The molecule has 0 unspecified atom stereocenters. The Morgan fingerprint density at radius 3 is 2.26 bits per heavy atom. The van der Waals surface area contributed by atoms with E-state index in [9.17, 15) is 4.79 Å². The molecule has 2 N–H and O–H groups in total. The third kappa shape index (κ3) is 6.39. The summed E-state index contributed by atoms with van der Waals surface area (Å²) >= 11 is 1.50. The smallest absolute Gasteiger partial charge is 0.221 e. The summed E-state index contributed by atoms with van der Waals surface area (Å²) in [5, 5.41) is 12.6. The zero-order valence-electron chi connectivity index (χ0n) is 20.4. The highest BCUT2D eigenvalue weighted by atomic mass is 32.2. The van der Waals surface area contributed by atoms with Crippen molar-refractivity contribution in [2.24, 2.45) is 5.92 Å². The first-order chi connectivity index (χ1) is 17.0. The van der Waals surface area contributed by atoms with Crippen molar-refractivity contribution in [3.05, 3.63) is 78.0 Å². The van der Waals surface area contributed by atoms with E-state index in [1.165, 1.54) is 11.8 Å². The van der Waals surface area contributed by atoms with Crippen LogP contribution in [-0.4, -0.2) is 45.0 Å². The minimum absolute atomic E-state index is 0.00871. The molecular formula is C27H32N6OS. The molecular weight excluding hydrogens is 456 g/mol. The second kappa shape index (κ2) is 11.8. The predicted octanol–water partition coefficient (Wildman–Crippen LogP) is 4.95. The van der Waals surface area contributed by atoms with Crippen LogP contribution in [0.25, 0.3) is 11.0 Å². The molecule has 8 heteroatoms. The van der Waals surface area contributed by atoms with Gasteiger partial charge in [0.15, 0.2) is 10.8 Å². The topological polar surface area (TPSA) is 84.7 Å². The molecule has 0 saturated heterocycles. The van der Waals surface area contributed by atoms with E-state index in [4.69, 9.17) is 0 Å². The van der Waals surface area contributed by atoms with Crippen molar-refractivity contribution in [1.29, 1.82) is 0 Å². The quantitative estimate of drug-likeness (QED) is 0.229. The number of nitrogens with zero attached hydrogens (tertiary/aromatic N) is 4. The number of anilines is 1. The number of thioether (sulfide) groups is 1. The van der Waals surface area contributed by atoms with E-state index < -0.39 is 0 Å². The maximum atomic E-state index is 12.9. The van der Waals surface area contributed by atoms with E-state index >= 15 is 0 Å². The number of carbonyl (C=O) groups excluding carboxylic acids is 1. The van der Waals surface area contributed by atoms with Crippen LogP contribution in [0.3, 0.4) is 0 Å². The number of carbonyl (C=O) groups is 1. The van der Waals surface area contributed by atoms with Gasteiger partial charge in [0.2, 0.25) is 5.91 Å². The van der Waals surface area contributed by atoms with Crippen LogP contribution in [0.4, 0.5) is 5.82 Å². The van der Waals surface area contributed by atoms with Gasteiger partial charge in [-0.1, -0.05) is 86.3 Å². The van der Waals surface area contributed by atoms with Gasteiger partial charge in [-0.05, 0) is 23.3 Å². The van der Waals surface area contributed by atoms with Gasteiger partial charge < -0.3 is 10.6 Å². The summed E-state index contributed by atoms with van der Waals surface area (Å²) in [4.78, 5) is 22.2. The molecule has 7 nitrogen and oxygen atoms in total. The van der Waals surface area contributed by atoms with Crippen molar-refractivity contribution >= 4 is 34.5 Å². The number of fused-ring (bicyclic) bond motifs is 1. The van der Waals surface area contributed by atoms with Crippen LogP contribution in [0, 0.1) is 5.92 Å². The van der Waals surface area contributed by atoms with Gasteiger partial charge in [-0.3, -0.25) is 4.79 Å². The molecule has 0 spiro atoms. The monoisotopic (exact) mass is 488 g/mol. The van der Waals surface area contributed by atoms with Gasteiger partial charge >= 0.3 is 0 Å². The lowest BCUT2D eigenvalue weighted by atomic mass is 9.88. The molecule has 4 aromatic rings. The van der Waals surface area contributed by atoms with Gasteiger partial charge in [-0.25, -0.2) is 14.6 Å². The second-order valence-corrected chi connectivity index (χ2v) is 9.64. The molecule has 0 aliphatic rings. The van der Waals surface area contributed by atoms with E-state index in [0.29, 0.717) is 30.6 Å². The highest BCUT2D eigenvalue weighted by Gasteiger charge is 2.18. The van der Waals surface area contributed by atoms with Gasteiger partial charge in [0.05, 0.1) is 18.1 Å². The summed E-state index contributed by atoms with van der Waals surface area (Å²) in [5.74, 6) is 1.32. The van der Waals surface area contributed by atoms with Crippen molar-refractivity contribution in [3.63, 3.8) is 0 Å². The number of rotatable bonds is 11. The first-order valence-electron chi connectivity index (χ1n) is 11.9. The Bertz CT molecular complexity index is 1200. The fourth-order valence-corrected chi connectivity index (χ4v) is 4.34. The van der Waals surface area contributed by atoms with E-state index in [0.717, 1.165) is 34.5 Å². The number of nitrogens with one attached hydrogen (secondary N) is 2. The van der Waals surface area contributed by atoms with Gasteiger partial charge in [0.25, 0.3) is 0 Å². The molecule has 4 rings (SSSR count). The Kier molecular flexibility index (Phi) is 8.36. The van der Waals surface area contributed by atoms with E-state index in [-0.39, 0.29) is 11.8 Å². The van der Waals surface area contributed by atoms with Crippen molar-refractivity contribution in [2.75, 3.05) is 24.7 Å². The summed E-state index contributed by atoms with van der Waals surface area (Å²) in [6.45, 7) is 6.15. The molecule has 2 aromatic heterocycles. The Morgan fingerprint density at radius 2 is 1.66 bits per heavy atom. The fraction of sp³-hybridized carbons (Fsp3) is 0.333. The average Bonchev–Trinajstić information content (AvgIpc) is 3.29. The molecule has 2 aromatic carbocycles. The molecule has 0 radical (unpaired) electrons. The molecule has 0 aliphatic heterocycles. The van der Waals surface area contributed by atoms with Crippen molar-refractivity contribution in [3.8, 4) is 0 Å². The van der Waals surface area contributed by atoms with Crippen LogP contribution >= 0.6 is 11.8 Å². The number of hydrogen-bond acceptors (Lipinski definition) is 6. The third-order valence-corrected chi connectivity index (χ3v) is 6.32. The molecule has 0 saturated carbocycles. The average molecular weight is 489 g/mol. The molecule has 0 aliphatic carbocycles. The van der Waals surface area contributed by atoms with Gasteiger partial charge in [0, 0.05) is 25.4 Å². The number of aromatic nitrogens is 4. The fourth-order valence-electron chi connectivity index (χ4n) is 3.98. The second-order valence-electron chi connectivity index (χ2n) is 8.87. The summed E-state index contributed by atoms with van der Waals surface area (Å²) in [7, 11) is 0. The normalized spacial score (nSPS) is 11.3. The molecule has 1 amide bonds. The van der Waals surface area contributed by atoms with Gasteiger partial charge in [-0.2, -0.15) is 5.10 Å². The Hall–Kier alpha value is -3.39. The number of amides is 1. The Balaban J connectivity index is 1.43. The van der Waals surface area contributed by atoms with E-state index in [1.54, 1.807) is 6.20 Å². The van der Waals surface area contributed by atoms with Crippen LogP contribution in [0.1, 0.15) is 37.3 Å². The Morgan fingerprint density at radius 1 is 1.00 bits per heavy atom. The van der Waals surface area contributed by atoms with Gasteiger partial charge in [0.1, 0.15) is 5.82 Å². The minimum atomic E-state index is 0.00871. The predicted molar refractivity (Wildman–Crippen MR) is 143 cm³/mol. The lowest BCUT2D eigenvalue weighted by Crippen LogP contribution is -2.29. The minimum Gasteiger partial charge on any atom is -0.369 e. The van der Waals surface area contributed by atoms with Crippen LogP contribution in [0.2, 0.25) is 0 Å². The van der Waals surface area contributed by atoms with Crippen molar-refractivity contribution in [2.45, 2.75) is 37.9 Å². The molecule has 182 valence electrons. The molecule has 0 bridgehead atoms. The van der Waals surface area contributed by atoms with Crippen molar-refractivity contribution in [1.82, 2.24) is 25.1 Å². The number of hydrogen-bond donors (Lipinski definition) is 2. The Labute approximate surface area is 210 Å². The molecule has 2 heterocycles. The summed E-state index contributed by atoms with van der Waals surface area (Å²) in [6, 6.07) is 20.4. The maximum Gasteiger partial charge on any atom is 0.221 e. The summed E-state index contributed by atoms with van der Waals surface area (Å²) < 4.78 is 1.84. The maximum absolute atomic E-state index is 12.9. The highest BCUT2D eigenvalue weighted by Crippen LogP contribution is 2.28. The lowest BCUT2D eigenvalue weighted by Gasteiger charge is -2.18. The van der Waals surface area contributed by atoms with E-state index in [2.05, 4.69) is 63.8 Å². The van der Waals surface area contributed by atoms with Gasteiger partial charge in [-0.15, -0.1) is 0 Å². The molecule has 0 fully saturated rings. The summed E-state index contributed by atoms with van der Waals surface area (Å²) in [6.07, 6.45) is 4.14. The SMILES string of the molecule is CSc1nc(NCC(C)C)c2cnn(CCNC(=O)CC(c3ccccc3)c3ccccc3)c2n1. The van der Waals surface area contributed by atoms with Crippen LogP contribution in [0.15, 0.2) is 72.0 Å². The molecule has 0 atom stereocenters. The zero-order chi connectivity index (χ0) is 24.6. The first kappa shape index (κ1) is 24.7. The zero-order valence-corrected chi connectivity index (χ0v) is 21.3. The van der Waals surface area contributed by atoms with Crippen LogP contribution < -0.4 is 10.6 Å². The molecule has 35 heavy (non-hydrogen) atoms.